The molecule has 1 atom stereocenters. The Labute approximate surface area is 119 Å². The minimum absolute atomic E-state index is 0.0102. The molecule has 0 amide bonds. The number of aliphatic carboxylic acids is 1. The highest BCUT2D eigenvalue weighted by molar-refractivity contribution is 5.80. The lowest BCUT2D eigenvalue weighted by atomic mass is 10.0. The highest BCUT2D eigenvalue weighted by atomic mass is 16.4. The van der Waals surface area contributed by atoms with Crippen LogP contribution in [0.3, 0.4) is 0 Å². The van der Waals surface area contributed by atoms with Crippen LogP contribution in [0, 0.1) is 11.8 Å². The molecule has 2 aromatic rings. The number of carboxylic acids is 1. The van der Waals surface area contributed by atoms with Crippen LogP contribution >= 0.6 is 0 Å². The summed E-state index contributed by atoms with van der Waals surface area (Å²) in [5, 5.41) is 9.58. The van der Waals surface area contributed by atoms with Gasteiger partial charge in [0.2, 0.25) is 0 Å². The first-order valence-corrected chi connectivity index (χ1v) is 7.10. The maximum Gasteiger partial charge on any atom is 0.327 e. The van der Waals surface area contributed by atoms with E-state index in [4.69, 9.17) is 0 Å². The van der Waals surface area contributed by atoms with Crippen molar-refractivity contribution >= 4 is 17.0 Å². The highest BCUT2D eigenvalue weighted by Crippen LogP contribution is 2.27. The van der Waals surface area contributed by atoms with Gasteiger partial charge in [-0.3, -0.25) is 0 Å². The molecule has 1 N–H and O–H groups in total. The molecule has 0 aliphatic rings. The van der Waals surface area contributed by atoms with Crippen LogP contribution in [0.15, 0.2) is 24.3 Å². The van der Waals surface area contributed by atoms with Gasteiger partial charge in [-0.15, -0.1) is 0 Å². The van der Waals surface area contributed by atoms with Gasteiger partial charge >= 0.3 is 5.97 Å². The van der Waals surface area contributed by atoms with E-state index in [1.54, 1.807) is 0 Å². The summed E-state index contributed by atoms with van der Waals surface area (Å²) in [5.74, 6) is 0.513. The molecule has 2 rings (SSSR count). The van der Waals surface area contributed by atoms with Crippen molar-refractivity contribution < 1.29 is 9.90 Å². The Bertz CT molecular complexity index is 614. The Kier molecular flexibility index (Phi) is 4.12. The van der Waals surface area contributed by atoms with Gasteiger partial charge in [-0.25, -0.2) is 9.78 Å². The van der Waals surface area contributed by atoms with E-state index in [1.165, 1.54) is 0 Å². The third-order valence-electron chi connectivity index (χ3n) is 3.42. The molecule has 0 saturated heterocycles. The summed E-state index contributed by atoms with van der Waals surface area (Å²) in [6, 6.07) is 7.18. The van der Waals surface area contributed by atoms with Gasteiger partial charge in [0.05, 0.1) is 11.0 Å². The first-order valence-electron chi connectivity index (χ1n) is 7.10. The van der Waals surface area contributed by atoms with E-state index < -0.39 is 12.0 Å². The molecule has 1 unspecified atom stereocenters. The lowest BCUT2D eigenvalue weighted by molar-refractivity contribution is -0.142. The van der Waals surface area contributed by atoms with Crippen LogP contribution in [-0.2, 0) is 11.2 Å². The van der Waals surface area contributed by atoms with Crippen molar-refractivity contribution in [2.75, 3.05) is 0 Å². The number of carbonyl (C=O) groups is 1. The second-order valence-electron chi connectivity index (χ2n) is 6.01. The van der Waals surface area contributed by atoms with Gasteiger partial charge in [-0.1, -0.05) is 39.8 Å². The van der Waals surface area contributed by atoms with Crippen LogP contribution in [0.2, 0.25) is 0 Å². The Hall–Kier alpha value is -1.84. The van der Waals surface area contributed by atoms with Crippen LogP contribution in [0.4, 0.5) is 0 Å². The molecule has 1 aromatic heterocycles. The fourth-order valence-electron chi connectivity index (χ4n) is 2.61. The molecule has 20 heavy (non-hydrogen) atoms. The van der Waals surface area contributed by atoms with Crippen LogP contribution in [0.5, 0.6) is 0 Å². The average Bonchev–Trinajstić information content (AvgIpc) is 2.66. The zero-order valence-electron chi connectivity index (χ0n) is 12.5. The van der Waals surface area contributed by atoms with Crippen molar-refractivity contribution in [2.45, 2.75) is 40.2 Å². The number of imidazole rings is 1. The summed E-state index contributed by atoms with van der Waals surface area (Å²) in [4.78, 5) is 16.3. The summed E-state index contributed by atoms with van der Waals surface area (Å²) in [5.41, 5.74) is 1.78. The van der Waals surface area contributed by atoms with E-state index in [-0.39, 0.29) is 5.92 Å². The first-order chi connectivity index (χ1) is 9.41. The molecule has 0 aliphatic carbocycles. The molecule has 0 aliphatic heterocycles. The largest absolute Gasteiger partial charge is 0.480 e. The Morgan fingerprint density at radius 3 is 2.45 bits per heavy atom. The van der Waals surface area contributed by atoms with Crippen LogP contribution in [-0.4, -0.2) is 20.6 Å². The maximum atomic E-state index is 11.7. The fourth-order valence-corrected chi connectivity index (χ4v) is 2.61. The Morgan fingerprint density at radius 1 is 1.25 bits per heavy atom. The van der Waals surface area contributed by atoms with E-state index >= 15 is 0 Å². The maximum absolute atomic E-state index is 11.7. The van der Waals surface area contributed by atoms with Gasteiger partial charge in [0, 0.05) is 6.42 Å². The zero-order chi connectivity index (χ0) is 14.9. The second kappa shape index (κ2) is 5.65. The van der Waals surface area contributed by atoms with E-state index in [9.17, 15) is 9.90 Å². The number of hydrogen-bond acceptors (Lipinski definition) is 2. The molecule has 0 spiro atoms. The van der Waals surface area contributed by atoms with E-state index in [0.717, 1.165) is 23.3 Å². The van der Waals surface area contributed by atoms with Crippen LogP contribution in [0.25, 0.3) is 11.0 Å². The van der Waals surface area contributed by atoms with Crippen molar-refractivity contribution in [1.29, 1.82) is 0 Å². The molecular formula is C16H22N2O2. The van der Waals surface area contributed by atoms with E-state index in [2.05, 4.69) is 18.8 Å². The van der Waals surface area contributed by atoms with Gasteiger partial charge in [-0.2, -0.15) is 0 Å². The number of nitrogens with zero attached hydrogens (tertiary/aromatic N) is 2. The van der Waals surface area contributed by atoms with E-state index in [0.29, 0.717) is 5.92 Å². The molecule has 4 heteroatoms. The van der Waals surface area contributed by atoms with Crippen molar-refractivity contribution in [3.05, 3.63) is 30.1 Å². The summed E-state index contributed by atoms with van der Waals surface area (Å²) in [7, 11) is 0. The molecule has 0 bridgehead atoms. The highest BCUT2D eigenvalue weighted by Gasteiger charge is 2.28. The van der Waals surface area contributed by atoms with Gasteiger partial charge in [-0.05, 0) is 24.0 Å². The topological polar surface area (TPSA) is 55.1 Å². The number of carboxylic acid groups (broad SMARTS) is 1. The van der Waals surface area contributed by atoms with Crippen molar-refractivity contribution in [2.24, 2.45) is 11.8 Å². The van der Waals surface area contributed by atoms with Crippen LogP contribution < -0.4 is 0 Å². The summed E-state index contributed by atoms with van der Waals surface area (Å²) >= 11 is 0. The van der Waals surface area contributed by atoms with Gasteiger partial charge in [0.25, 0.3) is 0 Å². The second-order valence-corrected chi connectivity index (χ2v) is 6.01. The molecule has 4 nitrogen and oxygen atoms in total. The number of hydrogen-bond donors (Lipinski definition) is 1. The molecular weight excluding hydrogens is 252 g/mol. The van der Waals surface area contributed by atoms with Gasteiger partial charge < -0.3 is 9.67 Å². The molecule has 1 aromatic carbocycles. The molecule has 0 fully saturated rings. The number of aromatic nitrogens is 2. The van der Waals surface area contributed by atoms with Gasteiger partial charge in [0.15, 0.2) is 0 Å². The smallest absolute Gasteiger partial charge is 0.327 e. The quantitative estimate of drug-likeness (QED) is 0.907. The minimum Gasteiger partial charge on any atom is -0.480 e. The van der Waals surface area contributed by atoms with Crippen LogP contribution in [0.1, 0.15) is 39.6 Å². The zero-order valence-corrected chi connectivity index (χ0v) is 12.5. The standard InChI is InChI=1S/C16H22N2O2/c1-10(2)9-14-17-12-7-5-6-8-13(12)18(14)15(11(3)4)16(19)20/h5-8,10-11,15H,9H2,1-4H3,(H,19,20). The van der Waals surface area contributed by atoms with Gasteiger partial charge in [0.1, 0.15) is 11.9 Å². The molecule has 108 valence electrons. The van der Waals surface area contributed by atoms with E-state index in [1.807, 2.05) is 42.7 Å². The van der Waals surface area contributed by atoms with Crippen molar-refractivity contribution in [3.63, 3.8) is 0 Å². The first kappa shape index (κ1) is 14.6. The number of para-hydroxylation sites is 2. The number of rotatable bonds is 5. The fraction of sp³-hybridized carbons (Fsp3) is 0.500. The minimum atomic E-state index is -0.798. The summed E-state index contributed by atoms with van der Waals surface area (Å²) in [6.45, 7) is 8.11. The number of fused-ring (bicyclic) bond motifs is 1. The third kappa shape index (κ3) is 2.69. The van der Waals surface area contributed by atoms with Crippen molar-refractivity contribution in [3.8, 4) is 0 Å². The number of benzene rings is 1. The lowest BCUT2D eigenvalue weighted by Gasteiger charge is -2.21. The monoisotopic (exact) mass is 274 g/mol. The average molecular weight is 274 g/mol. The normalized spacial score (nSPS) is 13.3. The Balaban J connectivity index is 2.66. The summed E-state index contributed by atoms with van der Waals surface area (Å²) < 4.78 is 1.91. The molecule has 0 saturated carbocycles. The Morgan fingerprint density at radius 2 is 1.90 bits per heavy atom. The SMILES string of the molecule is CC(C)Cc1nc2ccccc2n1C(C(=O)O)C(C)C. The predicted octanol–water partition coefficient (Wildman–Crippen LogP) is 3.52. The summed E-state index contributed by atoms with van der Waals surface area (Å²) in [6.07, 6.45) is 0.783. The molecule has 0 radical (unpaired) electrons. The van der Waals surface area contributed by atoms with Crippen molar-refractivity contribution in [1.82, 2.24) is 9.55 Å². The predicted molar refractivity (Wildman–Crippen MR) is 79.8 cm³/mol. The third-order valence-corrected chi connectivity index (χ3v) is 3.42. The molecule has 1 heterocycles. The lowest BCUT2D eigenvalue weighted by Crippen LogP contribution is -2.26.